The van der Waals surface area contributed by atoms with Crippen LogP contribution in [0.25, 0.3) is 0 Å². The van der Waals surface area contributed by atoms with Gasteiger partial charge in [0.05, 0.1) is 6.61 Å². The molecular formula is C13H18N4OS. The molecular weight excluding hydrogens is 260 g/mol. The van der Waals surface area contributed by atoms with Gasteiger partial charge in [0.1, 0.15) is 5.75 Å². The van der Waals surface area contributed by atoms with E-state index in [0.717, 1.165) is 28.9 Å². The van der Waals surface area contributed by atoms with Crippen molar-refractivity contribution < 1.29 is 4.74 Å². The number of hydrogen-bond donors (Lipinski definition) is 1. The summed E-state index contributed by atoms with van der Waals surface area (Å²) in [6, 6.07) is 8.01. The largest absolute Gasteiger partial charge is 0.493 e. The summed E-state index contributed by atoms with van der Waals surface area (Å²) in [6.45, 7) is 4.67. The SMILES string of the molecule is CCc1nnc(SCCOc2ccc(C)cc2)n1N. The second kappa shape index (κ2) is 6.47. The highest BCUT2D eigenvalue weighted by Gasteiger charge is 2.07. The van der Waals surface area contributed by atoms with E-state index >= 15 is 0 Å². The standard InChI is InChI=1S/C13H18N4OS/c1-3-12-15-16-13(17(12)14)19-9-8-18-11-6-4-10(2)5-7-11/h4-7H,3,8-9,14H2,1-2H3. The second-order valence-corrected chi connectivity index (χ2v) is 5.19. The molecule has 0 aliphatic rings. The summed E-state index contributed by atoms with van der Waals surface area (Å²) in [5.41, 5.74) is 1.23. The molecule has 0 radical (unpaired) electrons. The van der Waals surface area contributed by atoms with E-state index < -0.39 is 0 Å². The van der Waals surface area contributed by atoms with Gasteiger partial charge < -0.3 is 10.6 Å². The first-order chi connectivity index (χ1) is 9.20. The molecule has 1 aromatic heterocycles. The van der Waals surface area contributed by atoms with Crippen LogP contribution in [0.15, 0.2) is 29.4 Å². The number of benzene rings is 1. The summed E-state index contributed by atoms with van der Waals surface area (Å²) in [5.74, 6) is 8.32. The van der Waals surface area contributed by atoms with Crippen LogP contribution < -0.4 is 10.6 Å². The van der Waals surface area contributed by atoms with Crippen molar-refractivity contribution in [2.24, 2.45) is 0 Å². The van der Waals surface area contributed by atoms with Crippen LogP contribution in [0.1, 0.15) is 18.3 Å². The van der Waals surface area contributed by atoms with Gasteiger partial charge in [-0.05, 0) is 19.1 Å². The molecule has 0 atom stereocenters. The minimum atomic E-state index is 0.613. The number of ether oxygens (including phenoxy) is 1. The highest BCUT2D eigenvalue weighted by atomic mass is 32.2. The summed E-state index contributed by atoms with van der Waals surface area (Å²) >= 11 is 1.54. The molecule has 1 heterocycles. The van der Waals surface area contributed by atoms with Crippen molar-refractivity contribution in [3.8, 4) is 5.75 Å². The molecule has 6 heteroatoms. The quantitative estimate of drug-likeness (QED) is 0.497. The maximum atomic E-state index is 5.85. The van der Waals surface area contributed by atoms with E-state index in [1.165, 1.54) is 10.2 Å². The second-order valence-electron chi connectivity index (χ2n) is 4.13. The molecule has 0 aliphatic carbocycles. The van der Waals surface area contributed by atoms with Crippen LogP contribution in [0.3, 0.4) is 0 Å². The Balaban J connectivity index is 1.77. The Bertz CT molecular complexity index is 524. The van der Waals surface area contributed by atoms with Crippen molar-refractivity contribution in [3.63, 3.8) is 0 Å². The van der Waals surface area contributed by atoms with Crippen LogP contribution in [-0.2, 0) is 6.42 Å². The van der Waals surface area contributed by atoms with Gasteiger partial charge in [-0.2, -0.15) is 0 Å². The Kier molecular flexibility index (Phi) is 4.68. The lowest BCUT2D eigenvalue weighted by Crippen LogP contribution is -2.14. The lowest BCUT2D eigenvalue weighted by atomic mass is 10.2. The van der Waals surface area contributed by atoms with E-state index in [1.807, 2.05) is 31.2 Å². The number of nitrogens with zero attached hydrogens (tertiary/aromatic N) is 3. The van der Waals surface area contributed by atoms with Gasteiger partial charge in [-0.1, -0.05) is 36.4 Å². The Hall–Kier alpha value is -1.69. The Morgan fingerprint density at radius 2 is 2.00 bits per heavy atom. The fraction of sp³-hybridized carbons (Fsp3) is 0.385. The number of rotatable bonds is 6. The van der Waals surface area contributed by atoms with Gasteiger partial charge in [-0.15, -0.1) is 10.2 Å². The van der Waals surface area contributed by atoms with Crippen LogP contribution >= 0.6 is 11.8 Å². The predicted molar refractivity (Wildman–Crippen MR) is 76.9 cm³/mol. The Labute approximate surface area is 117 Å². The average Bonchev–Trinajstić information content (AvgIpc) is 2.77. The van der Waals surface area contributed by atoms with E-state index in [9.17, 15) is 0 Å². The molecule has 0 unspecified atom stereocenters. The molecule has 0 aliphatic heterocycles. The first-order valence-corrected chi connectivity index (χ1v) is 7.21. The molecule has 5 nitrogen and oxygen atoms in total. The van der Waals surface area contributed by atoms with Crippen LogP contribution in [0.4, 0.5) is 0 Å². The number of thioether (sulfide) groups is 1. The van der Waals surface area contributed by atoms with E-state index in [-0.39, 0.29) is 0 Å². The zero-order chi connectivity index (χ0) is 13.7. The number of hydrogen-bond acceptors (Lipinski definition) is 5. The minimum Gasteiger partial charge on any atom is -0.493 e. The topological polar surface area (TPSA) is 66.0 Å². The molecule has 0 saturated heterocycles. The lowest BCUT2D eigenvalue weighted by molar-refractivity contribution is 0.344. The summed E-state index contributed by atoms with van der Waals surface area (Å²) in [7, 11) is 0. The number of aromatic nitrogens is 3. The highest BCUT2D eigenvalue weighted by Crippen LogP contribution is 2.16. The van der Waals surface area contributed by atoms with Crippen molar-refractivity contribution in [2.75, 3.05) is 18.2 Å². The van der Waals surface area contributed by atoms with Gasteiger partial charge in [0.2, 0.25) is 5.16 Å². The third-order valence-electron chi connectivity index (χ3n) is 2.66. The summed E-state index contributed by atoms with van der Waals surface area (Å²) in [5, 5.41) is 8.77. The maximum Gasteiger partial charge on any atom is 0.209 e. The molecule has 2 aromatic rings. The first-order valence-electron chi connectivity index (χ1n) is 6.22. The van der Waals surface area contributed by atoms with Gasteiger partial charge in [0.25, 0.3) is 0 Å². The summed E-state index contributed by atoms with van der Waals surface area (Å²) in [6.07, 6.45) is 0.782. The molecule has 2 N–H and O–H groups in total. The molecule has 102 valence electrons. The molecule has 0 saturated carbocycles. The minimum absolute atomic E-state index is 0.613. The number of aryl methyl sites for hydroxylation is 2. The number of nitrogen functional groups attached to an aromatic ring is 1. The summed E-state index contributed by atoms with van der Waals surface area (Å²) < 4.78 is 7.17. The molecule has 0 bridgehead atoms. The van der Waals surface area contributed by atoms with Gasteiger partial charge >= 0.3 is 0 Å². The predicted octanol–water partition coefficient (Wildman–Crippen LogP) is 2.03. The van der Waals surface area contributed by atoms with Gasteiger partial charge in [0.15, 0.2) is 5.82 Å². The monoisotopic (exact) mass is 278 g/mol. The molecule has 0 fully saturated rings. The van der Waals surface area contributed by atoms with Crippen LogP contribution in [0.5, 0.6) is 5.75 Å². The van der Waals surface area contributed by atoms with E-state index in [4.69, 9.17) is 10.6 Å². The van der Waals surface area contributed by atoms with E-state index in [2.05, 4.69) is 17.1 Å². The fourth-order valence-corrected chi connectivity index (χ4v) is 2.27. The van der Waals surface area contributed by atoms with Gasteiger partial charge in [0, 0.05) is 12.2 Å². The first kappa shape index (κ1) is 13.7. The van der Waals surface area contributed by atoms with Crippen LogP contribution in [0, 0.1) is 6.92 Å². The molecule has 2 rings (SSSR count). The zero-order valence-electron chi connectivity index (χ0n) is 11.2. The summed E-state index contributed by atoms with van der Waals surface area (Å²) in [4.78, 5) is 0. The average molecular weight is 278 g/mol. The van der Waals surface area contributed by atoms with Crippen LogP contribution in [-0.4, -0.2) is 27.2 Å². The zero-order valence-corrected chi connectivity index (χ0v) is 12.0. The van der Waals surface area contributed by atoms with E-state index in [0.29, 0.717) is 6.61 Å². The molecule has 0 amide bonds. The lowest BCUT2D eigenvalue weighted by Gasteiger charge is -2.06. The Morgan fingerprint density at radius 3 is 2.63 bits per heavy atom. The molecule has 19 heavy (non-hydrogen) atoms. The van der Waals surface area contributed by atoms with Crippen molar-refractivity contribution in [1.29, 1.82) is 0 Å². The number of nitrogens with two attached hydrogens (primary N) is 1. The molecule has 0 spiro atoms. The normalized spacial score (nSPS) is 10.6. The third-order valence-corrected chi connectivity index (χ3v) is 3.56. The maximum absolute atomic E-state index is 5.85. The highest BCUT2D eigenvalue weighted by molar-refractivity contribution is 7.99. The fourth-order valence-electron chi connectivity index (χ4n) is 1.57. The van der Waals surface area contributed by atoms with E-state index in [1.54, 1.807) is 11.8 Å². The van der Waals surface area contributed by atoms with Crippen molar-refractivity contribution >= 4 is 11.8 Å². The smallest absolute Gasteiger partial charge is 0.209 e. The van der Waals surface area contributed by atoms with Gasteiger partial charge in [-0.25, -0.2) is 4.68 Å². The molecule has 1 aromatic carbocycles. The van der Waals surface area contributed by atoms with Crippen molar-refractivity contribution in [1.82, 2.24) is 14.9 Å². The van der Waals surface area contributed by atoms with Crippen molar-refractivity contribution in [3.05, 3.63) is 35.7 Å². The van der Waals surface area contributed by atoms with Crippen LogP contribution in [0.2, 0.25) is 0 Å². The third kappa shape index (κ3) is 3.64. The van der Waals surface area contributed by atoms with Crippen molar-refractivity contribution in [2.45, 2.75) is 25.4 Å². The van der Waals surface area contributed by atoms with Gasteiger partial charge in [-0.3, -0.25) is 0 Å². The Morgan fingerprint density at radius 1 is 1.26 bits per heavy atom.